The molecule has 1 unspecified atom stereocenters. The Morgan fingerprint density at radius 2 is 1.82 bits per heavy atom. The summed E-state index contributed by atoms with van der Waals surface area (Å²) in [5.74, 6) is -0.343. The Balaban J connectivity index is 0. The molecule has 1 atom stereocenters. The summed E-state index contributed by atoms with van der Waals surface area (Å²) in [5, 5.41) is 11.6. The fourth-order valence-corrected chi connectivity index (χ4v) is 3.70. The number of likely N-dealkylation sites (tertiary alicyclic amines) is 1. The van der Waals surface area contributed by atoms with Gasteiger partial charge in [-0.2, -0.15) is 0 Å². The third-order valence-electron chi connectivity index (χ3n) is 4.96. The number of carbonyl (C=O) groups excluding carboxylic acids is 3. The van der Waals surface area contributed by atoms with Gasteiger partial charge in [0.1, 0.15) is 6.29 Å². The highest BCUT2D eigenvalue weighted by molar-refractivity contribution is 7.13. The number of benzene rings is 1. The predicted molar refractivity (Wildman–Crippen MR) is 162 cm³/mol. The van der Waals surface area contributed by atoms with Gasteiger partial charge in [0.15, 0.2) is 0 Å². The van der Waals surface area contributed by atoms with E-state index in [9.17, 15) is 14.4 Å². The van der Waals surface area contributed by atoms with E-state index in [2.05, 4.69) is 33.1 Å². The Labute approximate surface area is 239 Å². The summed E-state index contributed by atoms with van der Waals surface area (Å²) >= 11 is 1.65. The number of nitrogens with two attached hydrogens (primary N) is 2. The molecule has 0 radical (unpaired) electrons. The lowest BCUT2D eigenvalue weighted by Crippen LogP contribution is -2.18. The molecule has 1 aromatic carbocycles. The summed E-state index contributed by atoms with van der Waals surface area (Å²) in [4.78, 5) is 37.9. The first-order valence-electron chi connectivity index (χ1n) is 13.3. The zero-order chi connectivity index (χ0) is 30.4. The molecule has 1 fully saturated rings. The van der Waals surface area contributed by atoms with Crippen molar-refractivity contribution in [1.29, 1.82) is 0 Å². The number of hydrogen-bond donors (Lipinski definition) is 4. The average Bonchev–Trinajstić information content (AvgIpc) is 3.46. The molecule has 1 aliphatic heterocycles. The van der Waals surface area contributed by atoms with Gasteiger partial charge < -0.3 is 31.6 Å². The van der Waals surface area contributed by atoms with Crippen molar-refractivity contribution in [2.24, 2.45) is 16.9 Å². The summed E-state index contributed by atoms with van der Waals surface area (Å²) in [5.41, 5.74) is 15.0. The highest BCUT2D eigenvalue weighted by Crippen LogP contribution is 2.27. The second-order valence-electron chi connectivity index (χ2n) is 10.0. The van der Waals surface area contributed by atoms with E-state index in [-0.39, 0.29) is 23.3 Å². The van der Waals surface area contributed by atoms with Crippen LogP contribution in [0.4, 0.5) is 0 Å². The Morgan fingerprint density at radius 3 is 2.08 bits per heavy atom. The molecule has 9 nitrogen and oxygen atoms in total. The third-order valence-corrected chi connectivity index (χ3v) is 5.93. The van der Waals surface area contributed by atoms with Gasteiger partial charge in [-0.15, -0.1) is 11.3 Å². The van der Waals surface area contributed by atoms with Crippen LogP contribution >= 0.6 is 11.3 Å². The number of thiazole rings is 1. The van der Waals surface area contributed by atoms with Gasteiger partial charge in [0.05, 0.1) is 22.2 Å². The number of nitrogens with one attached hydrogen (secondary N) is 1. The van der Waals surface area contributed by atoms with Crippen LogP contribution in [0.3, 0.4) is 0 Å². The van der Waals surface area contributed by atoms with Gasteiger partial charge in [-0.05, 0) is 36.9 Å². The van der Waals surface area contributed by atoms with Crippen LogP contribution in [0.15, 0.2) is 29.8 Å². The number of aldehydes is 1. The van der Waals surface area contributed by atoms with Crippen molar-refractivity contribution in [1.82, 2.24) is 15.2 Å². The van der Waals surface area contributed by atoms with Crippen molar-refractivity contribution < 1.29 is 19.5 Å². The summed E-state index contributed by atoms with van der Waals surface area (Å²) in [6, 6.07) is 8.20. The monoisotopic (exact) mass is 565 g/mol. The highest BCUT2D eigenvalue weighted by Gasteiger charge is 2.15. The molecule has 0 spiro atoms. The number of β-amino-alcohol motifs (C(OH)–C–C–N with tert-alkyl or cyclic N) is 1. The van der Waals surface area contributed by atoms with Crippen molar-refractivity contribution >= 4 is 29.4 Å². The first kappa shape index (κ1) is 38.5. The number of primary amides is 1. The van der Waals surface area contributed by atoms with Crippen LogP contribution in [0.2, 0.25) is 0 Å². The highest BCUT2D eigenvalue weighted by atomic mass is 32.1. The number of nitrogens with zero attached hydrogens (tertiary/aromatic N) is 2. The zero-order valence-electron chi connectivity index (χ0n) is 25.1. The maximum absolute atomic E-state index is 10.8. The largest absolute Gasteiger partial charge is 0.392 e. The van der Waals surface area contributed by atoms with E-state index in [1.807, 2.05) is 66.2 Å². The number of likely N-dealkylation sites (N-methyl/N-ethyl adjacent to an activating group) is 1. The number of hydrogen-bond acceptors (Lipinski definition) is 8. The molecule has 0 bridgehead atoms. The van der Waals surface area contributed by atoms with Gasteiger partial charge in [0.2, 0.25) is 11.8 Å². The van der Waals surface area contributed by atoms with Crippen LogP contribution in [0.25, 0.3) is 10.4 Å². The molecule has 2 amide bonds. The Morgan fingerprint density at radius 1 is 1.23 bits per heavy atom. The Hall–Kier alpha value is -2.66. The number of amides is 2. The van der Waals surface area contributed by atoms with E-state index >= 15 is 0 Å². The summed E-state index contributed by atoms with van der Waals surface area (Å²) < 4.78 is 0. The van der Waals surface area contributed by atoms with E-state index in [1.54, 1.807) is 11.3 Å². The van der Waals surface area contributed by atoms with E-state index in [1.165, 1.54) is 17.4 Å². The molecule has 10 heteroatoms. The van der Waals surface area contributed by atoms with Crippen LogP contribution in [0.1, 0.15) is 72.1 Å². The quantitative estimate of drug-likeness (QED) is 0.388. The molecule has 1 saturated heterocycles. The van der Waals surface area contributed by atoms with Crippen LogP contribution in [0, 0.1) is 12.3 Å². The number of carbonyl (C=O) groups is 3. The lowest BCUT2D eigenvalue weighted by Gasteiger charge is -2.11. The van der Waals surface area contributed by atoms with Crippen LogP contribution in [-0.4, -0.2) is 65.9 Å². The molecule has 6 N–H and O–H groups in total. The summed E-state index contributed by atoms with van der Waals surface area (Å²) in [6.07, 6.45) is 2.81. The minimum absolute atomic E-state index is 0.00706. The van der Waals surface area contributed by atoms with Crippen molar-refractivity contribution in [3.63, 3.8) is 0 Å². The molecule has 3 rings (SSSR count). The molecular weight excluding hydrogens is 514 g/mol. The Bertz CT molecular complexity index is 919. The first-order valence-corrected chi connectivity index (χ1v) is 14.2. The standard InChI is InChI=1S/C13H14N2OS.C6H12O.C5H11NO.C3H8N2O.C2H6/c1-9-13(17-8-15-9)12-5-3-11(4-6-12)7-14-10(2)16;1-6(2,3)4-5-7;1-6-3-2-5(7)4-6;4-2-1-3(5)6;1-2/h3-6,8H,7H2,1-2H3,(H,14,16);5H,4H2,1-3H3;5,7H,2-4H2,1H3;1-2,4H2,(H2,5,6);1-2H3. The van der Waals surface area contributed by atoms with E-state index in [0.29, 0.717) is 25.9 Å². The van der Waals surface area contributed by atoms with Crippen molar-refractivity contribution in [3.8, 4) is 10.4 Å². The van der Waals surface area contributed by atoms with Crippen molar-refractivity contribution in [2.75, 3.05) is 26.7 Å². The molecule has 1 aliphatic rings. The van der Waals surface area contributed by atoms with Gasteiger partial charge in [-0.3, -0.25) is 9.59 Å². The molecule has 2 heterocycles. The maximum Gasteiger partial charge on any atom is 0.218 e. The second-order valence-corrected chi connectivity index (χ2v) is 10.9. The smallest absolute Gasteiger partial charge is 0.218 e. The molecule has 0 saturated carbocycles. The molecule has 2 aromatic rings. The lowest BCUT2D eigenvalue weighted by molar-refractivity contribution is -0.119. The maximum atomic E-state index is 10.8. The molecule has 39 heavy (non-hydrogen) atoms. The van der Waals surface area contributed by atoms with Crippen molar-refractivity contribution in [2.45, 2.75) is 80.4 Å². The van der Waals surface area contributed by atoms with Gasteiger partial charge in [-0.25, -0.2) is 4.98 Å². The van der Waals surface area contributed by atoms with Crippen LogP contribution in [-0.2, 0) is 20.9 Å². The number of aryl methyl sites for hydroxylation is 1. The topological polar surface area (TPSA) is 152 Å². The van der Waals surface area contributed by atoms with E-state index in [0.717, 1.165) is 37.1 Å². The fraction of sp³-hybridized carbons (Fsp3) is 0.586. The molecular formula is C29H51N5O4S. The van der Waals surface area contributed by atoms with Crippen molar-refractivity contribution in [3.05, 3.63) is 41.0 Å². The summed E-state index contributed by atoms with van der Waals surface area (Å²) in [7, 11) is 2.02. The van der Waals surface area contributed by atoms with Crippen LogP contribution in [0.5, 0.6) is 0 Å². The average molecular weight is 566 g/mol. The number of aromatic nitrogens is 1. The lowest BCUT2D eigenvalue weighted by atomic mass is 9.93. The predicted octanol–water partition coefficient (Wildman–Crippen LogP) is 3.91. The van der Waals surface area contributed by atoms with Gasteiger partial charge in [-0.1, -0.05) is 58.9 Å². The van der Waals surface area contributed by atoms with E-state index in [4.69, 9.17) is 10.8 Å². The molecule has 1 aromatic heterocycles. The molecule has 0 aliphatic carbocycles. The van der Waals surface area contributed by atoms with Gasteiger partial charge in [0.25, 0.3) is 0 Å². The normalized spacial score (nSPS) is 14.1. The van der Waals surface area contributed by atoms with Crippen LogP contribution < -0.4 is 16.8 Å². The number of aliphatic hydroxyl groups is 1. The minimum Gasteiger partial charge on any atom is -0.392 e. The summed E-state index contributed by atoms with van der Waals surface area (Å²) in [6.45, 7) is 16.5. The van der Waals surface area contributed by atoms with E-state index < -0.39 is 0 Å². The molecule has 222 valence electrons. The first-order chi connectivity index (χ1) is 18.3. The van der Waals surface area contributed by atoms with Gasteiger partial charge >= 0.3 is 0 Å². The van der Waals surface area contributed by atoms with Gasteiger partial charge in [0, 0.05) is 45.9 Å². The SMILES string of the molecule is CC.CC(=O)NCc1ccc(-c2scnc2C)cc1.CC(C)(C)CC=O.CN1CCC(O)C1.NCCC(N)=O. The third kappa shape index (κ3) is 21.9. The number of aliphatic hydroxyl groups excluding tert-OH is 1. The fourth-order valence-electron chi connectivity index (χ4n) is 2.88. The Kier molecular flexibility index (Phi) is 21.9. The minimum atomic E-state index is -0.336. The zero-order valence-corrected chi connectivity index (χ0v) is 25.9. The number of rotatable bonds is 6. The second kappa shape index (κ2) is 22.2.